The summed E-state index contributed by atoms with van der Waals surface area (Å²) in [5, 5.41) is 23.2. The topological polar surface area (TPSA) is 169 Å². The monoisotopic (exact) mass is 457 g/mol. The molecule has 0 fully saturated rings. The summed E-state index contributed by atoms with van der Waals surface area (Å²) in [6, 6.07) is 18.3. The number of guanidine groups is 1. The zero-order valence-corrected chi connectivity index (χ0v) is 19.2. The molecule has 0 radical (unpaired) electrons. The summed E-state index contributed by atoms with van der Waals surface area (Å²) in [4.78, 5) is 12.7. The normalized spacial score (nSPS) is 12.4. The number of benzene rings is 3. The van der Waals surface area contributed by atoms with Gasteiger partial charge in [0.05, 0.1) is 17.1 Å². The molecule has 0 heterocycles. The van der Waals surface area contributed by atoms with E-state index in [9.17, 15) is 4.79 Å². The first-order chi connectivity index (χ1) is 16.2. The van der Waals surface area contributed by atoms with Gasteiger partial charge in [0.15, 0.2) is 0 Å². The number of amides is 2. The number of anilines is 2. The average Bonchev–Trinajstić information content (AvgIpc) is 2.81. The summed E-state index contributed by atoms with van der Waals surface area (Å²) in [6.45, 7) is 5.31. The summed E-state index contributed by atoms with van der Waals surface area (Å²) in [7, 11) is 0. The number of nitrogens with one attached hydrogen (secondary N) is 2. The van der Waals surface area contributed by atoms with Crippen LogP contribution in [0.2, 0.25) is 0 Å². The van der Waals surface area contributed by atoms with Gasteiger partial charge < -0.3 is 27.8 Å². The van der Waals surface area contributed by atoms with E-state index in [1.54, 1.807) is 19.1 Å². The molecule has 0 unspecified atom stereocenters. The van der Waals surface area contributed by atoms with E-state index < -0.39 is 0 Å². The van der Waals surface area contributed by atoms with Crippen molar-refractivity contribution in [3.63, 3.8) is 0 Å². The molecule has 0 aromatic heterocycles. The second kappa shape index (κ2) is 10.7. The lowest BCUT2D eigenvalue weighted by Crippen LogP contribution is -2.22. The maximum atomic E-state index is 12.7. The lowest BCUT2D eigenvalue weighted by Gasteiger charge is -2.13. The van der Waals surface area contributed by atoms with Crippen molar-refractivity contribution in [2.45, 2.75) is 20.8 Å². The van der Waals surface area contributed by atoms with E-state index in [0.717, 1.165) is 21.9 Å². The zero-order chi connectivity index (χ0) is 24.7. The Morgan fingerprint density at radius 3 is 2.00 bits per heavy atom. The van der Waals surface area contributed by atoms with Crippen molar-refractivity contribution < 1.29 is 4.79 Å². The number of nitrogens with two attached hydrogens (primary N) is 3. The Morgan fingerprint density at radius 1 is 0.706 bits per heavy atom. The lowest BCUT2D eigenvalue weighted by atomic mass is 10.00. The first-order valence-corrected chi connectivity index (χ1v) is 10.4. The van der Waals surface area contributed by atoms with E-state index in [1.165, 1.54) is 0 Å². The van der Waals surface area contributed by atoms with E-state index in [1.807, 2.05) is 62.4 Å². The number of amidine groups is 1. The lowest BCUT2D eigenvalue weighted by molar-refractivity contribution is 0.262. The van der Waals surface area contributed by atoms with Gasteiger partial charge in [-0.05, 0) is 49.9 Å². The molecule has 3 rings (SSSR count). The Morgan fingerprint density at radius 2 is 1.35 bits per heavy atom. The fourth-order valence-electron chi connectivity index (χ4n) is 3.20. The van der Waals surface area contributed by atoms with Crippen molar-refractivity contribution in [2.24, 2.45) is 37.6 Å². The van der Waals surface area contributed by atoms with Crippen LogP contribution >= 0.6 is 0 Å². The summed E-state index contributed by atoms with van der Waals surface area (Å²) < 4.78 is 0. The molecule has 0 saturated carbocycles. The number of rotatable bonds is 6. The SMILES string of the molecule is CC(N)=N/N=C(\C)c1ccc(NC(=O)Nc2ccc(/C(C)=N\N=C(N)N)c3ccccc23)cc1. The minimum absolute atomic E-state index is 0.117. The van der Waals surface area contributed by atoms with Crippen molar-refractivity contribution in [1.82, 2.24) is 0 Å². The fraction of sp³-hybridized carbons (Fsp3) is 0.125. The summed E-state index contributed by atoms with van der Waals surface area (Å²) >= 11 is 0. The van der Waals surface area contributed by atoms with Crippen LogP contribution in [0, 0.1) is 0 Å². The highest BCUT2D eigenvalue weighted by molar-refractivity contribution is 6.14. The maximum absolute atomic E-state index is 12.7. The van der Waals surface area contributed by atoms with Crippen molar-refractivity contribution in [3.05, 3.63) is 71.8 Å². The molecule has 174 valence electrons. The molecule has 8 N–H and O–H groups in total. The minimum Gasteiger partial charge on any atom is -0.386 e. The second-order valence-electron chi connectivity index (χ2n) is 7.50. The Bertz CT molecular complexity index is 1310. The van der Waals surface area contributed by atoms with E-state index in [4.69, 9.17) is 17.2 Å². The van der Waals surface area contributed by atoms with Crippen LogP contribution < -0.4 is 27.8 Å². The molecule has 2 amide bonds. The highest BCUT2D eigenvalue weighted by Crippen LogP contribution is 2.27. The number of fused-ring (bicyclic) bond motifs is 1. The second-order valence-corrected chi connectivity index (χ2v) is 7.50. The fourth-order valence-corrected chi connectivity index (χ4v) is 3.20. The molecular weight excluding hydrogens is 430 g/mol. The van der Waals surface area contributed by atoms with Crippen LogP contribution in [0.25, 0.3) is 10.8 Å². The van der Waals surface area contributed by atoms with Gasteiger partial charge in [-0.3, -0.25) is 0 Å². The first kappa shape index (κ1) is 23.9. The van der Waals surface area contributed by atoms with E-state index in [0.29, 0.717) is 28.6 Å². The van der Waals surface area contributed by atoms with E-state index in [-0.39, 0.29) is 12.0 Å². The van der Waals surface area contributed by atoms with Crippen molar-refractivity contribution >= 4 is 51.4 Å². The van der Waals surface area contributed by atoms with Gasteiger partial charge in [-0.25, -0.2) is 4.79 Å². The summed E-state index contributed by atoms with van der Waals surface area (Å²) in [6.07, 6.45) is 0. The summed E-state index contributed by atoms with van der Waals surface area (Å²) in [5.41, 5.74) is 20.6. The maximum Gasteiger partial charge on any atom is 0.323 e. The Balaban J connectivity index is 1.78. The number of hydrogen-bond donors (Lipinski definition) is 5. The van der Waals surface area contributed by atoms with Crippen molar-refractivity contribution in [2.75, 3.05) is 10.6 Å². The third-order valence-corrected chi connectivity index (χ3v) is 4.80. The Kier molecular flexibility index (Phi) is 7.55. The predicted molar refractivity (Wildman–Crippen MR) is 141 cm³/mol. The van der Waals surface area contributed by atoms with Gasteiger partial charge in [0.2, 0.25) is 5.96 Å². The molecule has 0 aliphatic carbocycles. The molecular formula is C24H27N9O. The van der Waals surface area contributed by atoms with Gasteiger partial charge in [-0.2, -0.15) is 10.2 Å². The number of carbonyl (C=O) groups excluding carboxylic acids is 1. The molecule has 34 heavy (non-hydrogen) atoms. The van der Waals surface area contributed by atoms with Crippen LogP contribution in [-0.4, -0.2) is 29.2 Å². The molecule has 3 aromatic rings. The summed E-state index contributed by atoms with van der Waals surface area (Å²) in [5.74, 6) is 0.263. The van der Waals surface area contributed by atoms with Crippen LogP contribution in [0.1, 0.15) is 31.9 Å². The van der Waals surface area contributed by atoms with Gasteiger partial charge in [0.1, 0.15) is 5.84 Å². The molecule has 0 saturated heterocycles. The molecule has 0 aliphatic rings. The Hall–Kier alpha value is -4.73. The number of hydrogen-bond acceptors (Lipinski definition) is 5. The minimum atomic E-state index is -0.370. The van der Waals surface area contributed by atoms with Crippen LogP contribution in [0.5, 0.6) is 0 Å². The average molecular weight is 458 g/mol. The van der Waals surface area contributed by atoms with Gasteiger partial charge in [-0.1, -0.05) is 42.5 Å². The molecule has 10 heteroatoms. The van der Waals surface area contributed by atoms with E-state index >= 15 is 0 Å². The van der Waals surface area contributed by atoms with Gasteiger partial charge >= 0.3 is 6.03 Å². The zero-order valence-electron chi connectivity index (χ0n) is 19.2. The van der Waals surface area contributed by atoms with Gasteiger partial charge in [0.25, 0.3) is 0 Å². The largest absolute Gasteiger partial charge is 0.386 e. The van der Waals surface area contributed by atoms with Crippen LogP contribution in [0.3, 0.4) is 0 Å². The van der Waals surface area contributed by atoms with Gasteiger partial charge in [0, 0.05) is 16.6 Å². The smallest absolute Gasteiger partial charge is 0.323 e. The highest BCUT2D eigenvalue weighted by atomic mass is 16.2. The third-order valence-electron chi connectivity index (χ3n) is 4.80. The number of nitrogens with zero attached hydrogens (tertiary/aromatic N) is 4. The van der Waals surface area contributed by atoms with Crippen molar-refractivity contribution in [1.29, 1.82) is 0 Å². The van der Waals surface area contributed by atoms with Crippen LogP contribution in [-0.2, 0) is 0 Å². The number of urea groups is 1. The molecule has 0 atom stereocenters. The third kappa shape index (κ3) is 6.16. The first-order valence-electron chi connectivity index (χ1n) is 10.4. The predicted octanol–water partition coefficient (Wildman–Crippen LogP) is 3.58. The van der Waals surface area contributed by atoms with Gasteiger partial charge in [-0.15, -0.1) is 10.2 Å². The highest BCUT2D eigenvalue weighted by Gasteiger charge is 2.11. The Labute approximate surface area is 197 Å². The quantitative estimate of drug-likeness (QED) is 0.217. The molecule has 0 bridgehead atoms. The molecule has 0 aliphatic heterocycles. The standard InChI is InChI=1S/C24H27N9O/c1-14(30-32-16(3)25)17-8-10-18(11-9-17)28-24(34)29-22-13-12-19(15(2)31-33-23(26)27)20-6-4-5-7-21(20)22/h4-13H,1-3H3,(H2,25,32)(H4,26,27,33)(H2,28,29,34)/b30-14+,31-15-. The van der Waals surface area contributed by atoms with Crippen LogP contribution in [0.15, 0.2) is 81.1 Å². The van der Waals surface area contributed by atoms with E-state index in [2.05, 4.69) is 31.0 Å². The van der Waals surface area contributed by atoms with Crippen molar-refractivity contribution in [3.8, 4) is 0 Å². The van der Waals surface area contributed by atoms with Crippen LogP contribution in [0.4, 0.5) is 16.2 Å². The molecule has 3 aromatic carbocycles. The number of carbonyl (C=O) groups is 1. The molecule has 10 nitrogen and oxygen atoms in total. The molecule has 0 spiro atoms.